The van der Waals surface area contributed by atoms with E-state index in [1.54, 1.807) is 24.5 Å². The summed E-state index contributed by atoms with van der Waals surface area (Å²) in [6, 6.07) is 7.20. The predicted octanol–water partition coefficient (Wildman–Crippen LogP) is 2.47. The van der Waals surface area contributed by atoms with Gasteiger partial charge in [-0.05, 0) is 37.6 Å². The third-order valence-electron chi connectivity index (χ3n) is 2.64. The maximum Gasteiger partial charge on any atom is 0.260 e. The second kappa shape index (κ2) is 5.95. The lowest BCUT2D eigenvalue weighted by atomic mass is 10.2. The molecule has 98 valence electrons. The average molecular weight is 256 g/mol. The fourth-order valence-electron chi connectivity index (χ4n) is 1.69. The van der Waals surface area contributed by atoms with Gasteiger partial charge in [-0.1, -0.05) is 6.07 Å². The maximum absolute atomic E-state index is 12.2. The van der Waals surface area contributed by atoms with Gasteiger partial charge in [-0.2, -0.15) is 0 Å². The van der Waals surface area contributed by atoms with Crippen molar-refractivity contribution < 1.29 is 4.79 Å². The number of nitrogens with one attached hydrogen (secondary N) is 2. The zero-order valence-electron chi connectivity index (χ0n) is 11.0. The molecular weight excluding hydrogens is 240 g/mol. The van der Waals surface area contributed by atoms with Crippen LogP contribution in [0.5, 0.6) is 0 Å². The molecule has 2 aromatic heterocycles. The van der Waals surface area contributed by atoms with E-state index in [0.29, 0.717) is 23.7 Å². The van der Waals surface area contributed by atoms with E-state index >= 15 is 0 Å². The number of carbonyl (C=O) groups is 1. The van der Waals surface area contributed by atoms with E-state index < -0.39 is 0 Å². The highest BCUT2D eigenvalue weighted by Crippen LogP contribution is 2.15. The van der Waals surface area contributed by atoms with Crippen LogP contribution in [0.15, 0.2) is 36.7 Å². The summed E-state index contributed by atoms with van der Waals surface area (Å²) in [5.41, 5.74) is 1.43. The van der Waals surface area contributed by atoms with Crippen LogP contribution >= 0.6 is 0 Å². The van der Waals surface area contributed by atoms with E-state index in [4.69, 9.17) is 0 Å². The van der Waals surface area contributed by atoms with E-state index in [0.717, 1.165) is 5.56 Å². The van der Waals surface area contributed by atoms with Crippen LogP contribution in [0.4, 0.5) is 11.6 Å². The minimum absolute atomic E-state index is 0.217. The van der Waals surface area contributed by atoms with Crippen molar-refractivity contribution in [1.29, 1.82) is 0 Å². The van der Waals surface area contributed by atoms with Crippen molar-refractivity contribution in [3.8, 4) is 0 Å². The second-order valence-corrected chi connectivity index (χ2v) is 4.05. The van der Waals surface area contributed by atoms with E-state index in [9.17, 15) is 4.79 Å². The number of hydrogen-bond acceptors (Lipinski definition) is 4. The van der Waals surface area contributed by atoms with Crippen LogP contribution in [-0.2, 0) is 0 Å². The molecule has 0 saturated heterocycles. The topological polar surface area (TPSA) is 66.9 Å². The molecule has 0 radical (unpaired) electrons. The van der Waals surface area contributed by atoms with Crippen molar-refractivity contribution in [2.24, 2.45) is 0 Å². The third kappa shape index (κ3) is 3.07. The predicted molar refractivity (Wildman–Crippen MR) is 75.3 cm³/mol. The molecule has 0 aliphatic rings. The largest absolute Gasteiger partial charge is 0.370 e. The quantitative estimate of drug-likeness (QED) is 0.881. The monoisotopic (exact) mass is 256 g/mol. The molecule has 0 fully saturated rings. The van der Waals surface area contributed by atoms with Gasteiger partial charge in [0.2, 0.25) is 0 Å². The van der Waals surface area contributed by atoms with Gasteiger partial charge in [0.05, 0.1) is 5.56 Å². The Kier molecular flexibility index (Phi) is 4.07. The first kappa shape index (κ1) is 13.0. The zero-order valence-corrected chi connectivity index (χ0v) is 11.0. The van der Waals surface area contributed by atoms with E-state index in [-0.39, 0.29) is 5.91 Å². The molecule has 2 N–H and O–H groups in total. The summed E-state index contributed by atoms with van der Waals surface area (Å²) in [7, 11) is 0. The first-order valence-corrected chi connectivity index (χ1v) is 6.14. The summed E-state index contributed by atoms with van der Waals surface area (Å²) < 4.78 is 0. The average Bonchev–Trinajstić information content (AvgIpc) is 2.42. The molecule has 5 heteroatoms. The SMILES string of the molecule is CCNc1ncccc1C(=O)Nc1ncccc1C. The number of amides is 1. The Balaban J connectivity index is 2.23. The smallest absolute Gasteiger partial charge is 0.260 e. The van der Waals surface area contributed by atoms with Crippen molar-refractivity contribution in [3.05, 3.63) is 47.8 Å². The van der Waals surface area contributed by atoms with E-state index in [1.807, 2.05) is 26.0 Å². The maximum atomic E-state index is 12.2. The number of anilines is 2. The Labute approximate surface area is 112 Å². The molecule has 19 heavy (non-hydrogen) atoms. The fourth-order valence-corrected chi connectivity index (χ4v) is 1.69. The minimum atomic E-state index is -0.217. The molecule has 0 atom stereocenters. The van der Waals surface area contributed by atoms with Crippen molar-refractivity contribution in [1.82, 2.24) is 9.97 Å². The first-order valence-electron chi connectivity index (χ1n) is 6.14. The first-order chi connectivity index (χ1) is 9.22. The normalized spacial score (nSPS) is 10.0. The zero-order chi connectivity index (χ0) is 13.7. The number of aryl methyl sites for hydroxylation is 1. The second-order valence-electron chi connectivity index (χ2n) is 4.05. The molecule has 0 spiro atoms. The minimum Gasteiger partial charge on any atom is -0.370 e. The highest BCUT2D eigenvalue weighted by Gasteiger charge is 2.13. The Morgan fingerprint density at radius 2 is 1.84 bits per heavy atom. The number of nitrogens with zero attached hydrogens (tertiary/aromatic N) is 2. The van der Waals surface area contributed by atoms with Crippen LogP contribution in [0.25, 0.3) is 0 Å². The van der Waals surface area contributed by atoms with Crippen molar-refractivity contribution >= 4 is 17.5 Å². The molecule has 2 rings (SSSR count). The Morgan fingerprint density at radius 3 is 2.53 bits per heavy atom. The van der Waals surface area contributed by atoms with Crippen molar-refractivity contribution in [2.75, 3.05) is 17.2 Å². The van der Waals surface area contributed by atoms with Gasteiger partial charge in [0, 0.05) is 18.9 Å². The lowest BCUT2D eigenvalue weighted by molar-refractivity contribution is 0.102. The number of hydrogen-bond donors (Lipinski definition) is 2. The van der Waals surface area contributed by atoms with Gasteiger partial charge in [-0.25, -0.2) is 9.97 Å². The molecule has 1 amide bonds. The van der Waals surface area contributed by atoms with Crippen LogP contribution < -0.4 is 10.6 Å². The molecule has 0 unspecified atom stereocenters. The lowest BCUT2D eigenvalue weighted by Gasteiger charge is -2.10. The van der Waals surface area contributed by atoms with Crippen molar-refractivity contribution in [3.63, 3.8) is 0 Å². The number of aromatic nitrogens is 2. The summed E-state index contributed by atoms with van der Waals surface area (Å²) >= 11 is 0. The number of rotatable bonds is 4. The summed E-state index contributed by atoms with van der Waals surface area (Å²) in [6.07, 6.45) is 3.30. The molecule has 0 aromatic carbocycles. The Hall–Kier alpha value is -2.43. The van der Waals surface area contributed by atoms with Crippen LogP contribution in [0, 0.1) is 6.92 Å². The van der Waals surface area contributed by atoms with Gasteiger partial charge >= 0.3 is 0 Å². The highest BCUT2D eigenvalue weighted by molar-refractivity contribution is 6.07. The molecular formula is C14H16N4O. The van der Waals surface area contributed by atoms with Gasteiger partial charge in [-0.3, -0.25) is 4.79 Å². The molecule has 2 aromatic rings. The van der Waals surface area contributed by atoms with Crippen LogP contribution in [-0.4, -0.2) is 22.4 Å². The number of pyridine rings is 2. The fraction of sp³-hybridized carbons (Fsp3) is 0.214. The third-order valence-corrected chi connectivity index (χ3v) is 2.64. The molecule has 0 saturated carbocycles. The summed E-state index contributed by atoms with van der Waals surface area (Å²) in [5.74, 6) is 0.931. The summed E-state index contributed by atoms with van der Waals surface area (Å²) in [4.78, 5) is 20.5. The molecule has 0 bridgehead atoms. The van der Waals surface area contributed by atoms with Gasteiger partial charge in [0.25, 0.3) is 5.91 Å². The van der Waals surface area contributed by atoms with Gasteiger partial charge in [0.15, 0.2) is 0 Å². The Bertz CT molecular complexity index is 583. The van der Waals surface area contributed by atoms with Crippen molar-refractivity contribution in [2.45, 2.75) is 13.8 Å². The standard InChI is InChI=1S/C14H16N4O/c1-3-15-13-11(7-5-9-17-13)14(19)18-12-10(2)6-4-8-16-12/h4-9H,3H2,1-2H3,(H,15,17)(H,16,18,19). The number of carbonyl (C=O) groups excluding carboxylic acids is 1. The summed E-state index contributed by atoms with van der Waals surface area (Å²) in [5, 5.41) is 5.86. The van der Waals surface area contributed by atoms with E-state index in [2.05, 4.69) is 20.6 Å². The molecule has 0 aliphatic heterocycles. The van der Waals surface area contributed by atoms with Gasteiger partial charge in [-0.15, -0.1) is 0 Å². The highest BCUT2D eigenvalue weighted by atomic mass is 16.1. The van der Waals surface area contributed by atoms with Crippen LogP contribution in [0.2, 0.25) is 0 Å². The van der Waals surface area contributed by atoms with Crippen LogP contribution in [0.1, 0.15) is 22.8 Å². The summed E-state index contributed by atoms with van der Waals surface area (Å²) in [6.45, 7) is 4.57. The van der Waals surface area contributed by atoms with Gasteiger partial charge < -0.3 is 10.6 Å². The van der Waals surface area contributed by atoms with E-state index in [1.165, 1.54) is 0 Å². The lowest BCUT2D eigenvalue weighted by Crippen LogP contribution is -2.17. The molecule has 0 aliphatic carbocycles. The molecule has 2 heterocycles. The molecule has 5 nitrogen and oxygen atoms in total. The van der Waals surface area contributed by atoms with Gasteiger partial charge in [0.1, 0.15) is 11.6 Å². The van der Waals surface area contributed by atoms with Crippen LogP contribution in [0.3, 0.4) is 0 Å². The Morgan fingerprint density at radius 1 is 1.16 bits per heavy atom.